The topological polar surface area (TPSA) is 81.5 Å². The Morgan fingerprint density at radius 1 is 1.38 bits per heavy atom. The van der Waals surface area contributed by atoms with Crippen LogP contribution in [0.2, 0.25) is 0 Å². The van der Waals surface area contributed by atoms with E-state index in [0.717, 1.165) is 6.07 Å². The number of benzene rings is 1. The van der Waals surface area contributed by atoms with E-state index in [-0.39, 0.29) is 18.4 Å². The number of ether oxygens (including phenoxy) is 1. The molecule has 134 valence electrons. The molecular weight excluding hydrogens is 315 g/mol. The van der Waals surface area contributed by atoms with Crippen molar-refractivity contribution in [2.24, 2.45) is 5.92 Å². The summed E-state index contributed by atoms with van der Waals surface area (Å²) in [6.07, 6.45) is 0.568. The maximum atomic E-state index is 13.4. The monoisotopic (exact) mass is 340 g/mol. The van der Waals surface area contributed by atoms with Gasteiger partial charge in [0.15, 0.2) is 0 Å². The highest BCUT2D eigenvalue weighted by molar-refractivity contribution is 5.76. The van der Waals surface area contributed by atoms with Gasteiger partial charge in [0.1, 0.15) is 11.6 Å². The summed E-state index contributed by atoms with van der Waals surface area (Å²) >= 11 is 0. The normalized spacial score (nSPS) is 13.0. The molecule has 7 heteroatoms. The van der Waals surface area contributed by atoms with Crippen LogP contribution in [0.1, 0.15) is 46.6 Å². The molecule has 0 aromatic heterocycles. The van der Waals surface area contributed by atoms with Crippen molar-refractivity contribution >= 4 is 11.7 Å². The Balaban J connectivity index is 2.83. The molecular formula is C17H25FN2O4. The van der Waals surface area contributed by atoms with E-state index in [1.807, 2.05) is 13.8 Å². The Hall–Kier alpha value is -2.02. The van der Waals surface area contributed by atoms with Gasteiger partial charge in [0.05, 0.1) is 4.92 Å². The number of carbonyl (C=O) groups is 1. The van der Waals surface area contributed by atoms with Gasteiger partial charge in [-0.15, -0.1) is 0 Å². The molecule has 0 heterocycles. The third-order valence-corrected chi connectivity index (χ3v) is 3.16. The van der Waals surface area contributed by atoms with Gasteiger partial charge < -0.3 is 10.1 Å². The zero-order valence-corrected chi connectivity index (χ0v) is 14.8. The van der Waals surface area contributed by atoms with E-state index in [0.29, 0.717) is 12.0 Å². The van der Waals surface area contributed by atoms with Gasteiger partial charge in [-0.25, -0.2) is 0 Å². The minimum absolute atomic E-state index is 0.206. The van der Waals surface area contributed by atoms with E-state index in [1.165, 1.54) is 12.1 Å². The molecule has 1 aromatic carbocycles. The zero-order valence-electron chi connectivity index (χ0n) is 14.8. The van der Waals surface area contributed by atoms with E-state index in [4.69, 9.17) is 4.74 Å². The van der Waals surface area contributed by atoms with Crippen LogP contribution in [0.3, 0.4) is 0 Å². The highest BCUT2D eigenvalue weighted by Gasteiger charge is 2.25. The second-order valence-corrected chi connectivity index (χ2v) is 7.14. The van der Waals surface area contributed by atoms with Crippen molar-refractivity contribution in [2.75, 3.05) is 0 Å². The van der Waals surface area contributed by atoms with Gasteiger partial charge in [0, 0.05) is 12.6 Å². The van der Waals surface area contributed by atoms with Crippen molar-refractivity contribution in [1.29, 1.82) is 0 Å². The average molecular weight is 340 g/mol. The number of halogens is 1. The minimum Gasteiger partial charge on any atom is -0.459 e. The van der Waals surface area contributed by atoms with E-state index in [2.05, 4.69) is 5.32 Å². The molecule has 1 atom stereocenters. The highest BCUT2D eigenvalue weighted by Crippen LogP contribution is 2.19. The lowest BCUT2D eigenvalue weighted by Crippen LogP contribution is -2.41. The Morgan fingerprint density at radius 3 is 2.50 bits per heavy atom. The lowest BCUT2D eigenvalue weighted by atomic mass is 10.0. The van der Waals surface area contributed by atoms with Crippen LogP contribution in [0.4, 0.5) is 10.1 Å². The van der Waals surface area contributed by atoms with Crippen LogP contribution in [0.25, 0.3) is 0 Å². The van der Waals surface area contributed by atoms with Gasteiger partial charge in [-0.1, -0.05) is 19.9 Å². The average Bonchev–Trinajstić information content (AvgIpc) is 2.42. The molecule has 0 fully saturated rings. The molecule has 0 radical (unpaired) electrons. The fourth-order valence-corrected chi connectivity index (χ4v) is 2.16. The Labute approximate surface area is 141 Å². The lowest BCUT2D eigenvalue weighted by molar-refractivity contribution is -0.387. The summed E-state index contributed by atoms with van der Waals surface area (Å²) in [5, 5.41) is 13.8. The molecule has 0 bridgehead atoms. The van der Waals surface area contributed by atoms with E-state index < -0.39 is 28.1 Å². The summed E-state index contributed by atoms with van der Waals surface area (Å²) in [4.78, 5) is 22.3. The molecule has 24 heavy (non-hydrogen) atoms. The number of rotatable bonds is 7. The summed E-state index contributed by atoms with van der Waals surface area (Å²) in [5.41, 5.74) is -0.643. The van der Waals surface area contributed by atoms with Crippen molar-refractivity contribution in [3.63, 3.8) is 0 Å². The summed E-state index contributed by atoms with van der Waals surface area (Å²) < 4.78 is 18.8. The van der Waals surface area contributed by atoms with Crippen LogP contribution in [0.15, 0.2) is 18.2 Å². The first-order valence-corrected chi connectivity index (χ1v) is 7.88. The second kappa shape index (κ2) is 8.19. The molecule has 0 aliphatic carbocycles. The van der Waals surface area contributed by atoms with Crippen molar-refractivity contribution in [3.05, 3.63) is 39.7 Å². The van der Waals surface area contributed by atoms with Crippen LogP contribution < -0.4 is 5.32 Å². The third kappa shape index (κ3) is 6.62. The van der Waals surface area contributed by atoms with Crippen molar-refractivity contribution in [2.45, 2.75) is 59.2 Å². The van der Waals surface area contributed by atoms with Crippen molar-refractivity contribution in [1.82, 2.24) is 5.32 Å². The minimum atomic E-state index is -0.880. The fourth-order valence-electron chi connectivity index (χ4n) is 2.16. The lowest BCUT2D eigenvalue weighted by Gasteiger charge is -2.25. The van der Waals surface area contributed by atoms with Gasteiger partial charge in [0.25, 0.3) is 0 Å². The smallest absolute Gasteiger partial charge is 0.323 e. The number of nitrogens with zero attached hydrogens (tertiary/aromatic N) is 1. The van der Waals surface area contributed by atoms with Gasteiger partial charge >= 0.3 is 11.7 Å². The molecule has 1 N–H and O–H groups in total. The first kappa shape index (κ1) is 20.0. The van der Waals surface area contributed by atoms with Gasteiger partial charge in [0.2, 0.25) is 5.82 Å². The highest BCUT2D eigenvalue weighted by atomic mass is 19.1. The molecule has 0 spiro atoms. The first-order valence-electron chi connectivity index (χ1n) is 7.88. The summed E-state index contributed by atoms with van der Waals surface area (Å²) in [6.45, 7) is 9.56. The third-order valence-electron chi connectivity index (χ3n) is 3.16. The number of hydrogen-bond donors (Lipinski definition) is 1. The van der Waals surface area contributed by atoms with Gasteiger partial charge in [-0.2, -0.15) is 4.39 Å². The number of nitro benzene ring substituents is 1. The van der Waals surface area contributed by atoms with Crippen LogP contribution in [-0.4, -0.2) is 22.5 Å². The molecule has 1 unspecified atom stereocenters. The Bertz CT molecular complexity index is 597. The molecule has 0 aliphatic rings. The van der Waals surface area contributed by atoms with Gasteiger partial charge in [-0.05, 0) is 44.7 Å². The zero-order chi connectivity index (χ0) is 18.5. The number of carbonyl (C=O) groups excluding carboxylic acids is 1. The molecule has 6 nitrogen and oxygen atoms in total. The maximum Gasteiger partial charge on any atom is 0.323 e. The van der Waals surface area contributed by atoms with Crippen LogP contribution in [0, 0.1) is 21.8 Å². The summed E-state index contributed by atoms with van der Waals surface area (Å²) in [5.74, 6) is -0.986. The number of nitrogens with one attached hydrogen (secondary N) is 1. The quantitative estimate of drug-likeness (QED) is 0.466. The largest absolute Gasteiger partial charge is 0.459 e. The van der Waals surface area contributed by atoms with Crippen molar-refractivity contribution in [3.8, 4) is 0 Å². The standard InChI is InChI=1S/C17H25FN2O4/c1-11(2)8-14(16(21)24-17(3,4)5)19-10-12-6-7-13(18)15(9-12)20(22)23/h6-7,9,11,14,19H,8,10H2,1-5H3. The Kier molecular flexibility index (Phi) is 6.83. The molecule has 0 saturated carbocycles. The molecule has 0 amide bonds. The van der Waals surface area contributed by atoms with E-state index in [9.17, 15) is 19.3 Å². The SMILES string of the molecule is CC(C)CC(NCc1ccc(F)c([N+](=O)[O-])c1)C(=O)OC(C)(C)C. The summed E-state index contributed by atoms with van der Waals surface area (Å²) in [6, 6.07) is 3.15. The fraction of sp³-hybridized carbons (Fsp3) is 0.588. The predicted molar refractivity (Wildman–Crippen MR) is 89.0 cm³/mol. The molecule has 1 aromatic rings. The van der Waals surface area contributed by atoms with Crippen molar-refractivity contribution < 1.29 is 18.8 Å². The number of esters is 1. The molecule has 0 aliphatic heterocycles. The summed E-state index contributed by atoms with van der Waals surface area (Å²) in [7, 11) is 0. The first-order chi connectivity index (χ1) is 11.0. The number of nitro groups is 1. The van der Waals surface area contributed by atoms with E-state index in [1.54, 1.807) is 20.8 Å². The van der Waals surface area contributed by atoms with Crippen LogP contribution in [-0.2, 0) is 16.1 Å². The second-order valence-electron chi connectivity index (χ2n) is 7.14. The van der Waals surface area contributed by atoms with Crippen LogP contribution in [0.5, 0.6) is 0 Å². The molecule has 1 rings (SSSR count). The van der Waals surface area contributed by atoms with Crippen LogP contribution >= 0.6 is 0 Å². The predicted octanol–water partition coefficient (Wildman–Crippen LogP) is 3.58. The maximum absolute atomic E-state index is 13.4. The van der Waals surface area contributed by atoms with E-state index >= 15 is 0 Å². The Morgan fingerprint density at radius 2 is 2.00 bits per heavy atom. The molecule has 0 saturated heterocycles. The number of hydrogen-bond acceptors (Lipinski definition) is 5. The van der Waals surface area contributed by atoms with Gasteiger partial charge in [-0.3, -0.25) is 14.9 Å².